The molecule has 2 rings (SSSR count). The van der Waals surface area contributed by atoms with Crippen LogP contribution in [0.1, 0.15) is 12.8 Å². The van der Waals surface area contributed by atoms with E-state index in [9.17, 15) is 13.5 Å². The highest BCUT2D eigenvalue weighted by Crippen LogP contribution is 2.21. The van der Waals surface area contributed by atoms with Crippen LogP contribution in [0.25, 0.3) is 0 Å². The molecule has 1 atom stereocenters. The van der Waals surface area contributed by atoms with E-state index in [0.29, 0.717) is 25.1 Å². The Morgan fingerprint density at radius 1 is 1.29 bits per heavy atom. The molecule has 0 saturated carbocycles. The minimum atomic E-state index is -3.49. The van der Waals surface area contributed by atoms with Crippen LogP contribution >= 0.6 is 0 Å². The number of aliphatic hydroxyl groups excluding tert-OH is 1. The topological polar surface area (TPSA) is 83.6 Å². The van der Waals surface area contributed by atoms with Gasteiger partial charge >= 0.3 is 0 Å². The van der Waals surface area contributed by atoms with Crippen LogP contribution in [-0.2, 0) is 10.0 Å². The molecule has 6 heteroatoms. The molecule has 0 spiro atoms. The van der Waals surface area contributed by atoms with Crippen LogP contribution in [0.2, 0.25) is 0 Å². The molecule has 17 heavy (non-hydrogen) atoms. The zero-order valence-electron chi connectivity index (χ0n) is 9.41. The predicted octanol–water partition coefficient (Wildman–Crippen LogP) is 0.414. The first-order valence-corrected chi connectivity index (χ1v) is 6.98. The number of nitrogen functional groups attached to an aromatic ring is 1. The van der Waals surface area contributed by atoms with Crippen molar-refractivity contribution < 1.29 is 13.5 Å². The highest BCUT2D eigenvalue weighted by molar-refractivity contribution is 7.89. The normalized spacial score (nSPS) is 22.5. The minimum Gasteiger partial charge on any atom is -0.399 e. The summed E-state index contributed by atoms with van der Waals surface area (Å²) in [6.45, 7) is 0.635. The van der Waals surface area contributed by atoms with E-state index < -0.39 is 16.1 Å². The molecule has 1 aliphatic heterocycles. The number of hydrogen-bond acceptors (Lipinski definition) is 4. The zero-order valence-corrected chi connectivity index (χ0v) is 10.2. The predicted molar refractivity (Wildman–Crippen MR) is 64.9 cm³/mol. The Bertz CT molecular complexity index is 484. The van der Waals surface area contributed by atoms with E-state index in [4.69, 9.17) is 5.73 Å². The summed E-state index contributed by atoms with van der Waals surface area (Å²) in [5, 5.41) is 9.51. The van der Waals surface area contributed by atoms with Crippen molar-refractivity contribution in [1.82, 2.24) is 4.31 Å². The summed E-state index contributed by atoms with van der Waals surface area (Å²) in [7, 11) is -3.49. The monoisotopic (exact) mass is 256 g/mol. The standard InChI is InChI=1S/C11H16N2O3S/c12-9-3-5-11(6-4-9)17(15,16)13-7-1-2-10(14)8-13/h3-6,10,14H,1-2,7-8,12H2/t10-/m1/s1. The molecule has 1 saturated heterocycles. The summed E-state index contributed by atoms with van der Waals surface area (Å²) in [6, 6.07) is 6.11. The van der Waals surface area contributed by atoms with Crippen LogP contribution in [-0.4, -0.2) is 37.0 Å². The lowest BCUT2D eigenvalue weighted by Crippen LogP contribution is -2.42. The maximum atomic E-state index is 12.2. The Morgan fingerprint density at radius 2 is 1.94 bits per heavy atom. The summed E-state index contributed by atoms with van der Waals surface area (Å²) in [4.78, 5) is 0.223. The van der Waals surface area contributed by atoms with Gasteiger partial charge in [-0.1, -0.05) is 0 Å². The van der Waals surface area contributed by atoms with E-state index in [0.717, 1.165) is 0 Å². The molecule has 3 N–H and O–H groups in total. The van der Waals surface area contributed by atoms with E-state index in [-0.39, 0.29) is 11.4 Å². The molecule has 1 aliphatic rings. The van der Waals surface area contributed by atoms with Gasteiger partial charge in [0.2, 0.25) is 10.0 Å². The molecule has 0 aromatic heterocycles. The number of benzene rings is 1. The lowest BCUT2D eigenvalue weighted by molar-refractivity contribution is 0.108. The molecule has 5 nitrogen and oxygen atoms in total. The lowest BCUT2D eigenvalue weighted by atomic mass is 10.1. The van der Waals surface area contributed by atoms with Gasteiger partial charge in [-0.25, -0.2) is 8.42 Å². The lowest BCUT2D eigenvalue weighted by Gasteiger charge is -2.29. The van der Waals surface area contributed by atoms with Crippen LogP contribution in [0.3, 0.4) is 0 Å². The Balaban J connectivity index is 2.26. The average molecular weight is 256 g/mol. The largest absolute Gasteiger partial charge is 0.399 e. The zero-order chi connectivity index (χ0) is 12.5. The van der Waals surface area contributed by atoms with Crippen molar-refractivity contribution in [2.24, 2.45) is 0 Å². The van der Waals surface area contributed by atoms with Crippen molar-refractivity contribution in [3.05, 3.63) is 24.3 Å². The SMILES string of the molecule is Nc1ccc(S(=O)(=O)N2CCC[C@@H](O)C2)cc1. The van der Waals surface area contributed by atoms with Crippen molar-refractivity contribution in [3.63, 3.8) is 0 Å². The Morgan fingerprint density at radius 3 is 2.53 bits per heavy atom. The fourth-order valence-corrected chi connectivity index (χ4v) is 3.44. The van der Waals surface area contributed by atoms with Gasteiger partial charge in [0.05, 0.1) is 11.0 Å². The Hall–Kier alpha value is -1.11. The minimum absolute atomic E-state index is 0.173. The number of piperidine rings is 1. The fourth-order valence-electron chi connectivity index (χ4n) is 1.93. The van der Waals surface area contributed by atoms with Crippen LogP contribution in [0.5, 0.6) is 0 Å². The van der Waals surface area contributed by atoms with Gasteiger partial charge in [0, 0.05) is 18.8 Å². The second-order valence-electron chi connectivity index (χ2n) is 4.23. The van der Waals surface area contributed by atoms with E-state index >= 15 is 0 Å². The Kier molecular flexibility index (Phi) is 3.37. The number of nitrogens with two attached hydrogens (primary N) is 1. The van der Waals surface area contributed by atoms with Gasteiger partial charge in [-0.2, -0.15) is 4.31 Å². The second-order valence-corrected chi connectivity index (χ2v) is 6.17. The number of rotatable bonds is 2. The molecular formula is C11H16N2O3S. The number of β-amino-alcohol motifs (C(OH)–C–C–N with tert-alkyl or cyclic N) is 1. The molecule has 0 radical (unpaired) electrons. The molecule has 0 aliphatic carbocycles. The van der Waals surface area contributed by atoms with Gasteiger partial charge in [0.15, 0.2) is 0 Å². The first kappa shape index (κ1) is 12.3. The number of anilines is 1. The van der Waals surface area contributed by atoms with Crippen molar-refractivity contribution >= 4 is 15.7 Å². The summed E-state index contributed by atoms with van der Waals surface area (Å²) < 4.78 is 25.8. The van der Waals surface area contributed by atoms with Crippen molar-refractivity contribution in [2.75, 3.05) is 18.8 Å². The first-order chi connectivity index (χ1) is 8.00. The highest BCUT2D eigenvalue weighted by Gasteiger charge is 2.29. The molecular weight excluding hydrogens is 240 g/mol. The summed E-state index contributed by atoms with van der Waals surface area (Å²) >= 11 is 0. The molecule has 1 aromatic carbocycles. The Labute approximate surface area is 101 Å². The molecule has 94 valence electrons. The summed E-state index contributed by atoms with van der Waals surface area (Å²) in [5.41, 5.74) is 6.05. The highest BCUT2D eigenvalue weighted by atomic mass is 32.2. The second kappa shape index (κ2) is 4.64. The van der Waals surface area contributed by atoms with Crippen LogP contribution < -0.4 is 5.73 Å². The summed E-state index contributed by atoms with van der Waals surface area (Å²) in [5.74, 6) is 0. The van der Waals surface area contributed by atoms with Gasteiger partial charge in [-0.05, 0) is 37.1 Å². The van der Waals surface area contributed by atoms with Gasteiger partial charge in [-0.3, -0.25) is 0 Å². The van der Waals surface area contributed by atoms with E-state index in [1.54, 1.807) is 12.1 Å². The molecule has 1 heterocycles. The molecule has 0 unspecified atom stereocenters. The quantitative estimate of drug-likeness (QED) is 0.751. The summed E-state index contributed by atoms with van der Waals surface area (Å²) in [6.07, 6.45) is 0.788. The van der Waals surface area contributed by atoms with Crippen LogP contribution in [0, 0.1) is 0 Å². The smallest absolute Gasteiger partial charge is 0.243 e. The third-order valence-electron chi connectivity index (χ3n) is 2.88. The molecule has 0 bridgehead atoms. The van der Waals surface area contributed by atoms with Crippen molar-refractivity contribution in [3.8, 4) is 0 Å². The van der Waals surface area contributed by atoms with Gasteiger partial charge in [0.25, 0.3) is 0 Å². The van der Waals surface area contributed by atoms with Gasteiger partial charge < -0.3 is 10.8 Å². The average Bonchev–Trinajstić information content (AvgIpc) is 2.29. The first-order valence-electron chi connectivity index (χ1n) is 5.54. The number of sulfonamides is 1. The molecule has 1 aromatic rings. The number of aliphatic hydroxyl groups is 1. The van der Waals surface area contributed by atoms with Crippen LogP contribution in [0.15, 0.2) is 29.2 Å². The molecule has 0 amide bonds. The van der Waals surface area contributed by atoms with Crippen molar-refractivity contribution in [1.29, 1.82) is 0 Å². The molecule has 1 fully saturated rings. The van der Waals surface area contributed by atoms with E-state index in [1.165, 1.54) is 16.4 Å². The van der Waals surface area contributed by atoms with Crippen LogP contribution in [0.4, 0.5) is 5.69 Å². The maximum absolute atomic E-state index is 12.2. The fraction of sp³-hybridized carbons (Fsp3) is 0.455. The number of hydrogen-bond donors (Lipinski definition) is 2. The number of nitrogens with zero attached hydrogens (tertiary/aromatic N) is 1. The van der Waals surface area contributed by atoms with Crippen molar-refractivity contribution in [2.45, 2.75) is 23.8 Å². The van der Waals surface area contributed by atoms with E-state index in [2.05, 4.69) is 0 Å². The maximum Gasteiger partial charge on any atom is 0.243 e. The van der Waals surface area contributed by atoms with Gasteiger partial charge in [0.1, 0.15) is 0 Å². The third kappa shape index (κ3) is 2.59. The third-order valence-corrected chi connectivity index (χ3v) is 4.76. The van der Waals surface area contributed by atoms with E-state index in [1.807, 2.05) is 0 Å². The van der Waals surface area contributed by atoms with Gasteiger partial charge in [-0.15, -0.1) is 0 Å².